The second kappa shape index (κ2) is 6.34. The van der Waals surface area contributed by atoms with Crippen molar-refractivity contribution >= 4 is 17.7 Å². The molecular weight excluding hydrogens is 276 g/mol. The molecule has 114 valence electrons. The molecule has 1 aromatic carbocycles. The van der Waals surface area contributed by atoms with Crippen LogP contribution in [0.15, 0.2) is 18.2 Å². The molecule has 0 radical (unpaired) electrons. The van der Waals surface area contributed by atoms with Gasteiger partial charge in [0.25, 0.3) is 0 Å². The molecule has 2 amide bonds. The summed E-state index contributed by atoms with van der Waals surface area (Å²) >= 11 is 0. The van der Waals surface area contributed by atoms with Gasteiger partial charge in [0, 0.05) is 6.07 Å². The van der Waals surface area contributed by atoms with Crippen LogP contribution in [-0.4, -0.2) is 37.4 Å². The number of hydrogen-bond donors (Lipinski definition) is 3. The number of carbonyl (C=O) groups excluding carboxylic acids is 1. The molecule has 0 spiro atoms. The van der Waals surface area contributed by atoms with E-state index in [2.05, 4.69) is 10.6 Å². The molecule has 0 saturated heterocycles. The summed E-state index contributed by atoms with van der Waals surface area (Å²) < 4.78 is 10.2. The van der Waals surface area contributed by atoms with Gasteiger partial charge in [-0.15, -0.1) is 0 Å². The molecule has 0 heterocycles. The van der Waals surface area contributed by atoms with Crippen LogP contribution in [0.1, 0.15) is 12.8 Å². The minimum atomic E-state index is -1.02. The van der Waals surface area contributed by atoms with Crippen LogP contribution in [0.5, 0.6) is 11.5 Å². The van der Waals surface area contributed by atoms with E-state index in [1.165, 1.54) is 14.2 Å². The minimum absolute atomic E-state index is 0.0195. The number of carboxylic acid groups (broad SMARTS) is 1. The fraction of sp³-hybridized carbons (Fsp3) is 0.429. The lowest BCUT2D eigenvalue weighted by Gasteiger charge is -2.16. The number of carboxylic acids is 1. The van der Waals surface area contributed by atoms with Crippen LogP contribution in [0, 0.1) is 5.92 Å². The first-order valence-corrected chi connectivity index (χ1v) is 6.57. The van der Waals surface area contributed by atoms with Gasteiger partial charge in [-0.1, -0.05) is 0 Å². The van der Waals surface area contributed by atoms with Crippen LogP contribution in [0.25, 0.3) is 0 Å². The number of amides is 2. The molecule has 21 heavy (non-hydrogen) atoms. The van der Waals surface area contributed by atoms with Crippen molar-refractivity contribution in [1.82, 2.24) is 5.32 Å². The van der Waals surface area contributed by atoms with E-state index in [9.17, 15) is 9.59 Å². The average Bonchev–Trinajstić information content (AvgIpc) is 3.29. The molecule has 1 saturated carbocycles. The lowest BCUT2D eigenvalue weighted by atomic mass is 10.2. The van der Waals surface area contributed by atoms with Crippen LogP contribution in [0.4, 0.5) is 10.5 Å². The Hall–Kier alpha value is -2.44. The van der Waals surface area contributed by atoms with E-state index >= 15 is 0 Å². The van der Waals surface area contributed by atoms with Crippen LogP contribution >= 0.6 is 0 Å². The Kier molecular flexibility index (Phi) is 4.52. The summed E-state index contributed by atoms with van der Waals surface area (Å²) in [5, 5.41) is 14.1. The topological polar surface area (TPSA) is 96.9 Å². The van der Waals surface area contributed by atoms with E-state index in [4.69, 9.17) is 14.6 Å². The summed E-state index contributed by atoms with van der Waals surface area (Å²) in [6.45, 7) is 0. The number of anilines is 1. The van der Waals surface area contributed by atoms with Crippen LogP contribution < -0.4 is 20.1 Å². The zero-order valence-electron chi connectivity index (χ0n) is 11.9. The molecule has 1 atom stereocenters. The molecule has 1 aromatic rings. The number of methoxy groups -OCH3 is 2. The molecule has 1 fully saturated rings. The monoisotopic (exact) mass is 294 g/mol. The first-order chi connectivity index (χ1) is 10.0. The number of carbonyl (C=O) groups is 2. The highest BCUT2D eigenvalue weighted by molar-refractivity contribution is 5.93. The zero-order chi connectivity index (χ0) is 15.4. The fourth-order valence-corrected chi connectivity index (χ4v) is 2.01. The van der Waals surface area contributed by atoms with Gasteiger partial charge in [-0.3, -0.25) is 0 Å². The van der Waals surface area contributed by atoms with E-state index < -0.39 is 18.0 Å². The van der Waals surface area contributed by atoms with Crippen molar-refractivity contribution in [3.8, 4) is 11.5 Å². The Morgan fingerprint density at radius 3 is 2.52 bits per heavy atom. The molecule has 2 rings (SSSR count). The third-order valence-electron chi connectivity index (χ3n) is 3.30. The Morgan fingerprint density at radius 1 is 1.29 bits per heavy atom. The van der Waals surface area contributed by atoms with Gasteiger partial charge in [0.1, 0.15) is 17.5 Å². The molecular formula is C14H18N2O5. The van der Waals surface area contributed by atoms with Gasteiger partial charge in [-0.05, 0) is 30.9 Å². The maximum atomic E-state index is 11.9. The molecule has 0 aliphatic heterocycles. The second-order valence-electron chi connectivity index (χ2n) is 4.82. The van der Waals surface area contributed by atoms with Crippen molar-refractivity contribution in [3.05, 3.63) is 18.2 Å². The van der Waals surface area contributed by atoms with Gasteiger partial charge in [-0.25, -0.2) is 9.59 Å². The maximum Gasteiger partial charge on any atom is 0.326 e. The number of urea groups is 1. The van der Waals surface area contributed by atoms with Gasteiger partial charge in [-0.2, -0.15) is 0 Å². The van der Waals surface area contributed by atoms with Crippen molar-refractivity contribution in [3.63, 3.8) is 0 Å². The largest absolute Gasteiger partial charge is 0.497 e. The minimum Gasteiger partial charge on any atom is -0.497 e. The van der Waals surface area contributed by atoms with Crippen molar-refractivity contribution in [1.29, 1.82) is 0 Å². The second-order valence-corrected chi connectivity index (χ2v) is 4.82. The van der Waals surface area contributed by atoms with Crippen molar-refractivity contribution in [2.24, 2.45) is 5.92 Å². The van der Waals surface area contributed by atoms with Crippen LogP contribution in [-0.2, 0) is 4.79 Å². The van der Waals surface area contributed by atoms with E-state index in [-0.39, 0.29) is 5.92 Å². The first-order valence-electron chi connectivity index (χ1n) is 6.57. The van der Waals surface area contributed by atoms with E-state index in [0.717, 1.165) is 12.8 Å². The number of hydrogen-bond acceptors (Lipinski definition) is 4. The molecule has 7 nitrogen and oxygen atoms in total. The number of aliphatic carboxylic acids is 1. The highest BCUT2D eigenvalue weighted by Crippen LogP contribution is 2.33. The van der Waals surface area contributed by atoms with Crippen molar-refractivity contribution in [2.45, 2.75) is 18.9 Å². The third-order valence-corrected chi connectivity index (χ3v) is 3.30. The average molecular weight is 294 g/mol. The zero-order valence-corrected chi connectivity index (χ0v) is 11.9. The highest BCUT2D eigenvalue weighted by atomic mass is 16.5. The summed E-state index contributed by atoms with van der Waals surface area (Å²) in [6.07, 6.45) is 1.65. The molecule has 7 heteroatoms. The molecule has 0 aromatic heterocycles. The third kappa shape index (κ3) is 3.77. The van der Waals surface area contributed by atoms with Gasteiger partial charge in [0.2, 0.25) is 0 Å². The van der Waals surface area contributed by atoms with Gasteiger partial charge < -0.3 is 25.2 Å². The molecule has 3 N–H and O–H groups in total. The van der Waals surface area contributed by atoms with Crippen LogP contribution in [0.2, 0.25) is 0 Å². The Balaban J connectivity index is 2.03. The maximum absolute atomic E-state index is 11.9. The summed E-state index contributed by atoms with van der Waals surface area (Å²) in [5.74, 6) is 0.0300. The predicted molar refractivity (Wildman–Crippen MR) is 75.8 cm³/mol. The first kappa shape index (κ1) is 15.0. The van der Waals surface area contributed by atoms with Crippen LogP contribution in [0.3, 0.4) is 0 Å². The summed E-state index contributed by atoms with van der Waals surface area (Å²) in [6, 6.07) is 3.51. The number of rotatable bonds is 6. The smallest absolute Gasteiger partial charge is 0.326 e. The van der Waals surface area contributed by atoms with Gasteiger partial charge in [0.15, 0.2) is 0 Å². The Morgan fingerprint density at radius 2 is 2.00 bits per heavy atom. The fourth-order valence-electron chi connectivity index (χ4n) is 2.01. The number of benzene rings is 1. The number of ether oxygens (including phenoxy) is 2. The van der Waals surface area contributed by atoms with E-state index in [1.54, 1.807) is 18.2 Å². The molecule has 1 aliphatic carbocycles. The molecule has 0 bridgehead atoms. The van der Waals surface area contributed by atoms with E-state index in [0.29, 0.717) is 17.2 Å². The standard InChI is InChI=1S/C14H18N2O5/c1-20-9-5-6-10(11(7-9)21-2)15-14(19)16-12(13(17)18)8-3-4-8/h5-8,12H,3-4H2,1-2H3,(H,17,18)(H2,15,16,19). The lowest BCUT2D eigenvalue weighted by molar-refractivity contribution is -0.139. The molecule has 1 aliphatic rings. The van der Waals surface area contributed by atoms with Crippen molar-refractivity contribution in [2.75, 3.05) is 19.5 Å². The normalized spacial score (nSPS) is 15.0. The van der Waals surface area contributed by atoms with Gasteiger partial charge >= 0.3 is 12.0 Å². The summed E-state index contributed by atoms with van der Waals surface area (Å²) in [7, 11) is 3.00. The predicted octanol–water partition coefficient (Wildman–Crippen LogP) is 1.69. The quantitative estimate of drug-likeness (QED) is 0.742. The summed E-state index contributed by atoms with van der Waals surface area (Å²) in [4.78, 5) is 23.0. The van der Waals surface area contributed by atoms with Gasteiger partial charge in [0.05, 0.1) is 19.9 Å². The summed E-state index contributed by atoms with van der Waals surface area (Å²) in [5.41, 5.74) is 0.440. The molecule has 1 unspecified atom stereocenters. The van der Waals surface area contributed by atoms with Crippen molar-refractivity contribution < 1.29 is 24.2 Å². The van der Waals surface area contributed by atoms with E-state index in [1.807, 2.05) is 0 Å². The SMILES string of the molecule is COc1ccc(NC(=O)NC(C(=O)O)C2CC2)c(OC)c1. The lowest BCUT2D eigenvalue weighted by Crippen LogP contribution is -2.44. The highest BCUT2D eigenvalue weighted by Gasteiger charge is 2.37. The number of nitrogens with one attached hydrogen (secondary N) is 2. The Bertz CT molecular complexity index is 542. The Labute approximate surface area is 122 Å².